The first-order chi connectivity index (χ1) is 8.32. The van der Waals surface area contributed by atoms with Crippen LogP contribution in [0.4, 0.5) is 0 Å². The lowest BCUT2D eigenvalue weighted by Crippen LogP contribution is -2.63. The van der Waals surface area contributed by atoms with E-state index in [1.54, 1.807) is 0 Å². The quantitative estimate of drug-likeness (QED) is 0.402. The fraction of sp³-hybridized carbons (Fsp3) is 0.714. The first-order valence-electron chi connectivity index (χ1n) is 6.28. The number of carbonyl (C=O) groups excluding carboxylic acids is 2. The molecule has 1 heterocycles. The molecular formula is C14H18O4. The molecule has 1 spiro atoms. The van der Waals surface area contributed by atoms with Crippen LogP contribution in [-0.4, -0.2) is 31.1 Å². The molecule has 1 saturated heterocycles. The molecule has 2 bridgehead atoms. The van der Waals surface area contributed by atoms with Crippen molar-refractivity contribution in [3.05, 3.63) is 11.6 Å². The molecule has 0 amide bonds. The molecule has 2 fully saturated rings. The van der Waals surface area contributed by atoms with Gasteiger partial charge in [0, 0.05) is 5.41 Å². The van der Waals surface area contributed by atoms with Gasteiger partial charge in [-0.05, 0) is 20.3 Å². The van der Waals surface area contributed by atoms with Crippen LogP contribution in [0.3, 0.4) is 0 Å². The second-order valence-electron chi connectivity index (χ2n) is 6.17. The number of carbonyl (C=O) groups is 2. The fourth-order valence-corrected chi connectivity index (χ4v) is 3.88. The second kappa shape index (κ2) is 3.05. The van der Waals surface area contributed by atoms with Gasteiger partial charge in [-0.15, -0.1) is 0 Å². The van der Waals surface area contributed by atoms with Crippen molar-refractivity contribution in [1.29, 1.82) is 0 Å². The average molecular weight is 250 g/mol. The summed E-state index contributed by atoms with van der Waals surface area (Å²) in [5, 5.41) is 0. The minimum atomic E-state index is -0.772. The minimum Gasteiger partial charge on any atom is -0.469 e. The molecule has 1 aliphatic heterocycles. The van der Waals surface area contributed by atoms with Crippen LogP contribution in [0.1, 0.15) is 27.2 Å². The maximum absolute atomic E-state index is 12.7. The molecule has 0 aromatic rings. The third-order valence-electron chi connectivity index (χ3n) is 5.39. The highest BCUT2D eigenvalue weighted by Gasteiger charge is 2.76. The van der Waals surface area contributed by atoms with Crippen molar-refractivity contribution in [3.63, 3.8) is 0 Å². The van der Waals surface area contributed by atoms with Gasteiger partial charge >= 0.3 is 5.97 Å². The van der Waals surface area contributed by atoms with Crippen molar-refractivity contribution in [2.45, 2.75) is 32.8 Å². The Hall–Kier alpha value is -1.16. The number of epoxide rings is 1. The molecular weight excluding hydrogens is 232 g/mol. The monoisotopic (exact) mass is 250 g/mol. The summed E-state index contributed by atoms with van der Waals surface area (Å²) >= 11 is 0. The van der Waals surface area contributed by atoms with E-state index in [4.69, 9.17) is 9.47 Å². The zero-order valence-electron chi connectivity index (χ0n) is 11.2. The van der Waals surface area contributed by atoms with Crippen molar-refractivity contribution in [3.8, 4) is 0 Å². The molecule has 98 valence electrons. The number of esters is 1. The lowest BCUT2D eigenvalue weighted by Gasteiger charge is -2.54. The maximum atomic E-state index is 12.7. The molecule has 0 aromatic heterocycles. The van der Waals surface area contributed by atoms with E-state index in [2.05, 4.69) is 0 Å². The summed E-state index contributed by atoms with van der Waals surface area (Å²) in [5.41, 5.74) is -0.653. The Morgan fingerprint density at radius 3 is 2.61 bits per heavy atom. The Bertz CT molecular complexity index is 488. The molecule has 4 aliphatic rings. The Morgan fingerprint density at radius 1 is 1.50 bits per heavy atom. The molecule has 4 nitrogen and oxygen atoms in total. The molecule has 0 N–H and O–H groups in total. The van der Waals surface area contributed by atoms with Gasteiger partial charge in [-0.25, -0.2) is 0 Å². The smallest absolute Gasteiger partial charge is 0.310 e. The number of methoxy groups -OCH3 is 1. The summed E-state index contributed by atoms with van der Waals surface area (Å²) in [6, 6.07) is 0. The molecule has 3 aliphatic carbocycles. The van der Waals surface area contributed by atoms with Gasteiger partial charge in [-0.1, -0.05) is 18.6 Å². The van der Waals surface area contributed by atoms with Crippen molar-refractivity contribution >= 4 is 11.8 Å². The van der Waals surface area contributed by atoms with Crippen LogP contribution in [0.5, 0.6) is 0 Å². The highest BCUT2D eigenvalue weighted by Crippen LogP contribution is 2.66. The van der Waals surface area contributed by atoms with E-state index in [1.807, 2.05) is 26.8 Å². The largest absolute Gasteiger partial charge is 0.469 e. The molecule has 0 radical (unpaired) electrons. The van der Waals surface area contributed by atoms with Crippen molar-refractivity contribution in [2.75, 3.05) is 13.7 Å². The van der Waals surface area contributed by atoms with E-state index in [9.17, 15) is 9.59 Å². The number of allylic oxidation sites excluding steroid dienone is 1. The fourth-order valence-electron chi connectivity index (χ4n) is 3.88. The van der Waals surface area contributed by atoms with Crippen LogP contribution in [-0.2, 0) is 19.1 Å². The number of hydrogen-bond acceptors (Lipinski definition) is 4. The molecule has 1 saturated carbocycles. The standard InChI is InChI=1S/C14H18O4/c1-8-5-12(2)9(10(15)17-4)6-13(8,3)14(7-18-14)11(12)16/h5,9H,6-7H2,1-4H3/t9-,12+,13+,14-/m1/s1. The zero-order valence-corrected chi connectivity index (χ0v) is 11.2. The van der Waals surface area contributed by atoms with E-state index < -0.39 is 16.9 Å². The van der Waals surface area contributed by atoms with E-state index in [1.165, 1.54) is 7.11 Å². The van der Waals surface area contributed by atoms with Crippen LogP contribution in [0.2, 0.25) is 0 Å². The number of rotatable bonds is 1. The van der Waals surface area contributed by atoms with Gasteiger partial charge in [0.05, 0.1) is 25.0 Å². The van der Waals surface area contributed by atoms with Gasteiger partial charge in [-0.3, -0.25) is 9.59 Å². The van der Waals surface area contributed by atoms with Gasteiger partial charge < -0.3 is 9.47 Å². The van der Waals surface area contributed by atoms with E-state index in [-0.39, 0.29) is 17.2 Å². The predicted octanol–water partition coefficient (Wildman–Crippen LogP) is 1.49. The second-order valence-corrected chi connectivity index (χ2v) is 6.17. The third-order valence-corrected chi connectivity index (χ3v) is 5.39. The first-order valence-corrected chi connectivity index (χ1v) is 6.28. The van der Waals surface area contributed by atoms with Crippen LogP contribution < -0.4 is 0 Å². The van der Waals surface area contributed by atoms with E-state index >= 15 is 0 Å². The number of ketones is 1. The normalized spacial score (nSPS) is 49.2. The van der Waals surface area contributed by atoms with Gasteiger partial charge in [-0.2, -0.15) is 0 Å². The topological polar surface area (TPSA) is 55.9 Å². The Morgan fingerprint density at radius 2 is 2.11 bits per heavy atom. The minimum absolute atomic E-state index is 0.0461. The van der Waals surface area contributed by atoms with Crippen molar-refractivity contribution < 1.29 is 19.1 Å². The summed E-state index contributed by atoms with van der Waals surface area (Å²) in [7, 11) is 1.38. The summed E-state index contributed by atoms with van der Waals surface area (Å²) in [5.74, 6) is -0.639. The van der Waals surface area contributed by atoms with Crippen LogP contribution >= 0.6 is 0 Å². The number of hydrogen-bond donors (Lipinski definition) is 0. The summed E-state index contributed by atoms with van der Waals surface area (Å²) in [4.78, 5) is 24.6. The van der Waals surface area contributed by atoms with Gasteiger partial charge in [0.15, 0.2) is 11.4 Å². The van der Waals surface area contributed by atoms with Gasteiger partial charge in [0.25, 0.3) is 0 Å². The Labute approximate surface area is 106 Å². The number of ether oxygens (including phenoxy) is 2. The van der Waals surface area contributed by atoms with E-state index in [0.717, 1.165) is 5.57 Å². The van der Waals surface area contributed by atoms with E-state index in [0.29, 0.717) is 13.0 Å². The Kier molecular flexibility index (Phi) is 2.01. The SMILES string of the molecule is COC(=O)[C@H]1C[C@@]2(C)C(C)=C[C@]1(C)C(=O)[C@]21CO1. The van der Waals surface area contributed by atoms with Crippen molar-refractivity contribution in [2.24, 2.45) is 16.7 Å². The maximum Gasteiger partial charge on any atom is 0.310 e. The molecule has 4 heteroatoms. The lowest BCUT2D eigenvalue weighted by molar-refractivity contribution is -0.165. The molecule has 4 atom stereocenters. The summed E-state index contributed by atoms with van der Waals surface area (Å²) in [6.45, 7) is 6.37. The van der Waals surface area contributed by atoms with Crippen LogP contribution in [0.25, 0.3) is 0 Å². The first kappa shape index (κ1) is 11.9. The molecule has 18 heavy (non-hydrogen) atoms. The summed E-state index contributed by atoms with van der Waals surface area (Å²) < 4.78 is 10.4. The molecule has 4 rings (SSSR count). The van der Waals surface area contributed by atoms with Gasteiger partial charge in [0.1, 0.15) is 0 Å². The lowest BCUT2D eigenvalue weighted by atomic mass is 9.46. The highest BCUT2D eigenvalue weighted by atomic mass is 16.6. The molecule has 0 aromatic carbocycles. The summed E-state index contributed by atoms with van der Waals surface area (Å²) in [6.07, 6.45) is 2.58. The number of Topliss-reactive ketones (excluding diaryl/α,β-unsaturated/α-hetero) is 1. The highest BCUT2D eigenvalue weighted by molar-refractivity contribution is 6.03. The molecule has 0 unspecified atom stereocenters. The predicted molar refractivity (Wildman–Crippen MR) is 63.8 cm³/mol. The van der Waals surface area contributed by atoms with Crippen LogP contribution in [0.15, 0.2) is 11.6 Å². The average Bonchev–Trinajstić information content (AvgIpc) is 3.11. The third kappa shape index (κ3) is 1.02. The number of fused-ring (bicyclic) bond motifs is 1. The van der Waals surface area contributed by atoms with Crippen LogP contribution in [0, 0.1) is 16.7 Å². The van der Waals surface area contributed by atoms with Crippen molar-refractivity contribution in [1.82, 2.24) is 0 Å². The zero-order chi connectivity index (χ0) is 13.3. The van der Waals surface area contributed by atoms with Gasteiger partial charge in [0.2, 0.25) is 0 Å². The Balaban J connectivity index is 2.16.